The maximum Gasteiger partial charge on any atom is 0.252 e. The van der Waals surface area contributed by atoms with Crippen molar-refractivity contribution < 1.29 is 9.47 Å². The van der Waals surface area contributed by atoms with Crippen LogP contribution in [0.4, 0.5) is 0 Å². The zero-order valence-corrected chi connectivity index (χ0v) is 35.7. The van der Waals surface area contributed by atoms with Gasteiger partial charge in [-0.2, -0.15) is 0 Å². The van der Waals surface area contributed by atoms with Crippen LogP contribution in [-0.2, 0) is 0 Å². The van der Waals surface area contributed by atoms with E-state index in [1.165, 1.54) is 143 Å². The first kappa shape index (κ1) is 34.7. The zero-order chi connectivity index (χ0) is 41.4. The maximum absolute atomic E-state index is 6.88. The van der Waals surface area contributed by atoms with Crippen LogP contribution in [0.1, 0.15) is 33.4 Å². The second kappa shape index (κ2) is 11.9. The molecule has 14 rings (SSSR count). The number of ether oxygens (including phenoxy) is 2. The summed E-state index contributed by atoms with van der Waals surface area (Å²) in [5, 5.41) is 8.11. The van der Waals surface area contributed by atoms with E-state index in [-0.39, 0.29) is 13.4 Å². The molecule has 10 aromatic rings. The highest BCUT2D eigenvalue weighted by atomic mass is 16.5. The number of fused-ring (bicyclic) bond motifs is 8. The number of aryl methyl sites for hydroxylation is 6. The predicted octanol–water partition coefficient (Wildman–Crippen LogP) is 11.0. The molecule has 290 valence electrons. The van der Waals surface area contributed by atoms with Gasteiger partial charge in [0.15, 0.2) is 0 Å². The van der Waals surface area contributed by atoms with Gasteiger partial charge in [-0.1, -0.05) is 108 Å². The van der Waals surface area contributed by atoms with E-state index in [9.17, 15) is 0 Å². The molecule has 0 unspecified atom stereocenters. The Morgan fingerprint density at radius 1 is 0.323 bits per heavy atom. The molecule has 0 atom stereocenters. The van der Waals surface area contributed by atoms with Gasteiger partial charge in [0.2, 0.25) is 0 Å². The summed E-state index contributed by atoms with van der Waals surface area (Å²) in [6.45, 7) is 13.6. The van der Waals surface area contributed by atoms with Gasteiger partial charge in [-0.15, -0.1) is 0 Å². The molecule has 4 heteroatoms. The van der Waals surface area contributed by atoms with E-state index in [0.29, 0.717) is 0 Å². The lowest BCUT2D eigenvalue weighted by atomic mass is 9.31. The molecule has 10 aromatic carbocycles. The molecule has 62 heavy (non-hydrogen) atoms. The lowest BCUT2D eigenvalue weighted by molar-refractivity contribution is 0.487. The van der Waals surface area contributed by atoms with Gasteiger partial charge in [0.05, 0.1) is 0 Å². The second-order valence-electron chi connectivity index (χ2n) is 18.6. The summed E-state index contributed by atoms with van der Waals surface area (Å²) in [5.74, 6) is 3.83. The first-order valence-electron chi connectivity index (χ1n) is 22.1. The summed E-state index contributed by atoms with van der Waals surface area (Å²) >= 11 is 0. The van der Waals surface area contributed by atoms with Crippen LogP contribution in [0.5, 0.6) is 23.0 Å². The van der Waals surface area contributed by atoms with Gasteiger partial charge in [-0.25, -0.2) is 0 Å². The Labute approximate surface area is 362 Å². The molecule has 0 amide bonds. The minimum absolute atomic E-state index is 0.0156. The standard InChI is InChI=1S/C58H40B2O2/c1-29-21-41-37-25-35(51-31(3)13-11-14-32(51)4)39-28-46-54-38(42-22-30(2)24-50-58(42)60(46)44-18-8-10-20-48(44)62-50)26-36(52-33(5)15-12-16-34(52)6)40-27-45(53(37)55(39)56(40)54)59-43-17-7-9-19-47(43)61-49(23-29)57(41)59/h7-28H,1-6H3. The first-order valence-corrected chi connectivity index (χ1v) is 22.1. The van der Waals surface area contributed by atoms with Crippen molar-refractivity contribution in [2.45, 2.75) is 41.5 Å². The number of hydrogen-bond donors (Lipinski definition) is 0. The molecule has 0 bridgehead atoms. The maximum atomic E-state index is 6.88. The summed E-state index contributed by atoms with van der Waals surface area (Å²) in [7, 11) is 0. The van der Waals surface area contributed by atoms with Crippen molar-refractivity contribution in [3.05, 3.63) is 167 Å². The molecule has 0 spiro atoms. The first-order chi connectivity index (χ1) is 30.2. The molecule has 0 fully saturated rings. The van der Waals surface area contributed by atoms with Crippen LogP contribution in [0.25, 0.3) is 76.8 Å². The van der Waals surface area contributed by atoms with E-state index < -0.39 is 0 Å². The topological polar surface area (TPSA) is 18.5 Å². The van der Waals surface area contributed by atoms with E-state index in [1.54, 1.807) is 0 Å². The third-order valence-electron chi connectivity index (χ3n) is 14.9. The van der Waals surface area contributed by atoms with Gasteiger partial charge >= 0.3 is 0 Å². The fraction of sp³-hybridized carbons (Fsp3) is 0.103. The molecule has 0 saturated heterocycles. The molecule has 4 aliphatic rings. The molecule has 0 N–H and O–H groups in total. The van der Waals surface area contributed by atoms with E-state index >= 15 is 0 Å². The van der Waals surface area contributed by atoms with Crippen LogP contribution >= 0.6 is 0 Å². The average Bonchev–Trinajstić information content (AvgIpc) is 3.26. The molecular formula is C58H40B2O2. The Kier molecular flexibility index (Phi) is 6.63. The van der Waals surface area contributed by atoms with Crippen LogP contribution in [0.15, 0.2) is 133 Å². The quantitative estimate of drug-likeness (QED) is 0.128. The number of benzene rings is 10. The Morgan fingerprint density at radius 2 is 0.726 bits per heavy atom. The lowest BCUT2D eigenvalue weighted by Gasteiger charge is -2.38. The van der Waals surface area contributed by atoms with Crippen molar-refractivity contribution in [2.75, 3.05) is 0 Å². The summed E-state index contributed by atoms with van der Waals surface area (Å²) in [6.07, 6.45) is 0. The fourth-order valence-corrected chi connectivity index (χ4v) is 12.6. The van der Waals surface area contributed by atoms with Gasteiger partial charge in [-0.05, 0) is 210 Å². The Balaban J connectivity index is 1.28. The molecule has 0 saturated carbocycles. The third-order valence-corrected chi connectivity index (χ3v) is 14.9. The second-order valence-corrected chi connectivity index (χ2v) is 18.6. The molecule has 4 aliphatic heterocycles. The minimum Gasteiger partial charge on any atom is -0.458 e. The van der Waals surface area contributed by atoms with Crippen molar-refractivity contribution in [3.63, 3.8) is 0 Å². The largest absolute Gasteiger partial charge is 0.458 e. The van der Waals surface area contributed by atoms with Crippen LogP contribution in [0, 0.1) is 41.5 Å². The van der Waals surface area contributed by atoms with E-state index in [1.807, 2.05) is 0 Å². The Bertz CT molecular complexity index is 3440. The smallest absolute Gasteiger partial charge is 0.252 e. The van der Waals surface area contributed by atoms with Crippen LogP contribution in [0.2, 0.25) is 0 Å². The Hall–Kier alpha value is -7.03. The molecule has 0 aliphatic carbocycles. The molecular weight excluding hydrogens is 750 g/mol. The number of hydrogen-bond acceptors (Lipinski definition) is 2. The van der Waals surface area contributed by atoms with E-state index in [2.05, 4.69) is 175 Å². The van der Waals surface area contributed by atoms with Gasteiger partial charge in [0, 0.05) is 0 Å². The molecule has 2 nitrogen and oxygen atoms in total. The minimum atomic E-state index is 0.0156. The summed E-state index contributed by atoms with van der Waals surface area (Å²) in [4.78, 5) is 0. The monoisotopic (exact) mass is 790 g/mol. The van der Waals surface area contributed by atoms with E-state index in [0.717, 1.165) is 23.0 Å². The van der Waals surface area contributed by atoms with Gasteiger partial charge in [0.25, 0.3) is 13.4 Å². The third kappa shape index (κ3) is 4.27. The Morgan fingerprint density at radius 3 is 1.15 bits per heavy atom. The highest BCUT2D eigenvalue weighted by Gasteiger charge is 2.44. The van der Waals surface area contributed by atoms with Crippen molar-refractivity contribution in [1.29, 1.82) is 0 Å². The molecule has 0 radical (unpaired) electrons. The summed E-state index contributed by atoms with van der Waals surface area (Å²) in [6, 6.07) is 50.7. The molecule has 4 heterocycles. The van der Waals surface area contributed by atoms with Gasteiger partial charge in [0.1, 0.15) is 23.0 Å². The SMILES string of the molecule is Cc1cc2c3c(c1)-c1cc(-c4c(C)cccc4C)c4cc5c6c(cc(-c7c(C)cccc7C)c7cc(c1c4c76)B3c1ccccc1O2)-c1cc(C)cc2c1B5c1ccccc1O2. The number of rotatable bonds is 2. The fourth-order valence-electron chi connectivity index (χ4n) is 12.6. The highest BCUT2D eigenvalue weighted by molar-refractivity contribution is 7.01. The van der Waals surface area contributed by atoms with Crippen molar-refractivity contribution in [1.82, 2.24) is 0 Å². The van der Waals surface area contributed by atoms with Crippen molar-refractivity contribution in [2.24, 2.45) is 0 Å². The van der Waals surface area contributed by atoms with Crippen LogP contribution in [-0.4, -0.2) is 13.4 Å². The summed E-state index contributed by atoms with van der Waals surface area (Å²) in [5.41, 5.74) is 25.7. The number of para-hydroxylation sites is 2. The van der Waals surface area contributed by atoms with Crippen molar-refractivity contribution >= 4 is 78.5 Å². The van der Waals surface area contributed by atoms with Crippen molar-refractivity contribution in [3.8, 4) is 67.5 Å². The lowest BCUT2D eigenvalue weighted by Crippen LogP contribution is -2.58. The normalized spacial score (nSPS) is 13.5. The van der Waals surface area contributed by atoms with E-state index in [4.69, 9.17) is 9.47 Å². The zero-order valence-electron chi connectivity index (χ0n) is 35.7. The highest BCUT2D eigenvalue weighted by Crippen LogP contribution is 2.52. The van der Waals surface area contributed by atoms with Gasteiger partial charge < -0.3 is 9.47 Å². The average molecular weight is 791 g/mol. The predicted molar refractivity (Wildman–Crippen MR) is 263 cm³/mol. The van der Waals surface area contributed by atoms with Crippen LogP contribution in [0.3, 0.4) is 0 Å². The van der Waals surface area contributed by atoms with Crippen LogP contribution < -0.4 is 42.3 Å². The molecule has 0 aromatic heterocycles. The summed E-state index contributed by atoms with van der Waals surface area (Å²) < 4.78 is 13.8. The van der Waals surface area contributed by atoms with Gasteiger partial charge in [-0.3, -0.25) is 0 Å².